The smallest absolute Gasteiger partial charge is 0.236 e. The Hall–Kier alpha value is -2.06. The number of oxazole rings is 1. The van der Waals surface area contributed by atoms with Crippen molar-refractivity contribution >= 4 is 33.7 Å². The lowest BCUT2D eigenvalue weighted by Crippen LogP contribution is -2.15. The zero-order valence-electron chi connectivity index (χ0n) is 10.5. The van der Waals surface area contributed by atoms with Crippen molar-refractivity contribution in [3.05, 3.63) is 34.5 Å². The Morgan fingerprint density at radius 2 is 2.35 bits per heavy atom. The van der Waals surface area contributed by atoms with E-state index >= 15 is 0 Å². The predicted molar refractivity (Wildman–Crippen MR) is 76.8 cm³/mol. The fourth-order valence-corrected chi connectivity index (χ4v) is 2.75. The number of carbonyl (C=O) groups is 1. The third kappa shape index (κ3) is 2.75. The highest BCUT2D eigenvalue weighted by molar-refractivity contribution is 7.13. The maximum Gasteiger partial charge on any atom is 0.236 e. The van der Waals surface area contributed by atoms with Crippen LogP contribution >= 0.6 is 22.7 Å². The standard InChI is InChI=1S/C12H10N4O2S2/c1-7-8(5-10(17)15-12-16-13-6-20-12)14-11(18-7)9-3-2-4-19-9/h2-4,6H,5H2,1H3,(H,15,16,17). The van der Waals surface area contributed by atoms with E-state index in [0.717, 1.165) is 4.88 Å². The Kier molecular flexibility index (Phi) is 3.57. The van der Waals surface area contributed by atoms with Gasteiger partial charge in [-0.05, 0) is 18.4 Å². The Morgan fingerprint density at radius 1 is 1.45 bits per heavy atom. The van der Waals surface area contributed by atoms with E-state index in [0.29, 0.717) is 22.5 Å². The van der Waals surface area contributed by atoms with Crippen LogP contribution < -0.4 is 5.32 Å². The molecule has 0 aliphatic heterocycles. The SMILES string of the molecule is Cc1oc(-c2cccs2)nc1CC(=O)Nc1nncs1. The molecule has 0 radical (unpaired) electrons. The predicted octanol–water partition coefficient (Wildman–Crippen LogP) is 2.74. The molecule has 3 aromatic rings. The molecule has 0 aliphatic carbocycles. The first-order valence-electron chi connectivity index (χ1n) is 5.78. The van der Waals surface area contributed by atoms with Crippen molar-refractivity contribution in [2.75, 3.05) is 5.32 Å². The summed E-state index contributed by atoms with van der Waals surface area (Å²) >= 11 is 2.82. The van der Waals surface area contributed by atoms with Crippen LogP contribution in [0.2, 0.25) is 0 Å². The molecule has 3 heterocycles. The molecule has 0 fully saturated rings. The van der Waals surface area contributed by atoms with Crippen LogP contribution in [0, 0.1) is 6.92 Å². The summed E-state index contributed by atoms with van der Waals surface area (Å²) in [4.78, 5) is 17.2. The van der Waals surface area contributed by atoms with Crippen LogP contribution in [-0.4, -0.2) is 21.1 Å². The van der Waals surface area contributed by atoms with E-state index in [-0.39, 0.29) is 12.3 Å². The van der Waals surface area contributed by atoms with Crippen molar-refractivity contribution in [2.24, 2.45) is 0 Å². The molecule has 8 heteroatoms. The third-order valence-electron chi connectivity index (χ3n) is 2.56. The van der Waals surface area contributed by atoms with Crippen LogP contribution in [0.5, 0.6) is 0 Å². The summed E-state index contributed by atoms with van der Waals surface area (Å²) in [5.41, 5.74) is 2.20. The highest BCUT2D eigenvalue weighted by Crippen LogP contribution is 2.26. The molecule has 1 N–H and O–H groups in total. The number of anilines is 1. The number of hydrogen-bond donors (Lipinski definition) is 1. The summed E-state index contributed by atoms with van der Waals surface area (Å²) in [6, 6.07) is 3.86. The van der Waals surface area contributed by atoms with E-state index in [4.69, 9.17) is 4.42 Å². The van der Waals surface area contributed by atoms with E-state index in [2.05, 4.69) is 20.5 Å². The molecule has 0 spiro atoms. The van der Waals surface area contributed by atoms with Crippen molar-refractivity contribution in [1.29, 1.82) is 0 Å². The number of amides is 1. The number of aryl methyl sites for hydroxylation is 1. The van der Waals surface area contributed by atoms with Gasteiger partial charge < -0.3 is 9.73 Å². The van der Waals surface area contributed by atoms with Gasteiger partial charge in [0.15, 0.2) is 0 Å². The van der Waals surface area contributed by atoms with Gasteiger partial charge in [0.05, 0.1) is 17.0 Å². The Bertz CT molecular complexity index is 704. The average Bonchev–Trinajstić information content (AvgIpc) is 3.12. The van der Waals surface area contributed by atoms with E-state index in [1.165, 1.54) is 11.3 Å². The van der Waals surface area contributed by atoms with Crippen LogP contribution in [0.25, 0.3) is 10.8 Å². The number of nitrogens with one attached hydrogen (secondary N) is 1. The Labute approximate surface area is 122 Å². The van der Waals surface area contributed by atoms with Gasteiger partial charge in [0, 0.05) is 0 Å². The summed E-state index contributed by atoms with van der Waals surface area (Å²) in [7, 11) is 0. The van der Waals surface area contributed by atoms with Crippen molar-refractivity contribution < 1.29 is 9.21 Å². The Balaban J connectivity index is 1.73. The summed E-state index contributed by atoms with van der Waals surface area (Å²) in [5, 5.41) is 12.5. The first kappa shape index (κ1) is 12.9. The van der Waals surface area contributed by atoms with Gasteiger partial charge in [-0.3, -0.25) is 4.79 Å². The molecular weight excluding hydrogens is 296 g/mol. The van der Waals surface area contributed by atoms with E-state index in [1.807, 2.05) is 17.5 Å². The number of carbonyl (C=O) groups excluding carboxylic acids is 1. The monoisotopic (exact) mass is 306 g/mol. The Morgan fingerprint density at radius 3 is 3.05 bits per heavy atom. The molecule has 0 bridgehead atoms. The van der Waals surface area contributed by atoms with E-state index < -0.39 is 0 Å². The first-order valence-corrected chi connectivity index (χ1v) is 7.54. The summed E-state index contributed by atoms with van der Waals surface area (Å²) in [6.07, 6.45) is 0.153. The van der Waals surface area contributed by atoms with Crippen molar-refractivity contribution in [1.82, 2.24) is 15.2 Å². The molecule has 0 aromatic carbocycles. The molecule has 6 nitrogen and oxygen atoms in total. The highest BCUT2D eigenvalue weighted by atomic mass is 32.1. The number of aromatic nitrogens is 3. The number of thiophene rings is 1. The fourth-order valence-electron chi connectivity index (χ4n) is 1.64. The highest BCUT2D eigenvalue weighted by Gasteiger charge is 2.15. The molecule has 0 atom stereocenters. The van der Waals surface area contributed by atoms with Gasteiger partial charge in [-0.25, -0.2) is 4.98 Å². The van der Waals surface area contributed by atoms with Crippen molar-refractivity contribution in [3.63, 3.8) is 0 Å². The third-order valence-corrected chi connectivity index (χ3v) is 4.02. The molecule has 0 saturated carbocycles. The van der Waals surface area contributed by atoms with Crippen molar-refractivity contribution in [2.45, 2.75) is 13.3 Å². The largest absolute Gasteiger partial charge is 0.440 e. The van der Waals surface area contributed by atoms with Crippen LogP contribution in [0.3, 0.4) is 0 Å². The summed E-state index contributed by atoms with van der Waals surface area (Å²) in [5.74, 6) is 1.02. The van der Waals surface area contributed by atoms with E-state index in [9.17, 15) is 4.79 Å². The van der Waals surface area contributed by atoms with Gasteiger partial charge in [-0.2, -0.15) is 0 Å². The minimum absolute atomic E-state index is 0.153. The minimum atomic E-state index is -0.184. The van der Waals surface area contributed by atoms with Gasteiger partial charge in [0.2, 0.25) is 16.9 Å². The lowest BCUT2D eigenvalue weighted by Gasteiger charge is -1.98. The molecule has 3 aromatic heterocycles. The minimum Gasteiger partial charge on any atom is -0.440 e. The van der Waals surface area contributed by atoms with Crippen LogP contribution in [0.1, 0.15) is 11.5 Å². The molecule has 20 heavy (non-hydrogen) atoms. The second kappa shape index (κ2) is 5.51. The van der Waals surface area contributed by atoms with Gasteiger partial charge in [-0.1, -0.05) is 17.4 Å². The first-order chi connectivity index (χ1) is 9.72. The molecule has 0 saturated heterocycles. The molecule has 1 amide bonds. The summed E-state index contributed by atoms with van der Waals surface area (Å²) in [6.45, 7) is 1.80. The molecule has 102 valence electrons. The zero-order chi connectivity index (χ0) is 13.9. The maximum atomic E-state index is 11.9. The topological polar surface area (TPSA) is 80.9 Å². The van der Waals surface area contributed by atoms with Gasteiger partial charge >= 0.3 is 0 Å². The average molecular weight is 306 g/mol. The van der Waals surface area contributed by atoms with E-state index in [1.54, 1.807) is 23.8 Å². The van der Waals surface area contributed by atoms with Gasteiger partial charge in [0.1, 0.15) is 11.3 Å². The normalized spacial score (nSPS) is 10.7. The second-order valence-corrected chi connectivity index (χ2v) is 5.75. The van der Waals surface area contributed by atoms with Gasteiger partial charge in [-0.15, -0.1) is 21.5 Å². The number of rotatable bonds is 4. The second-order valence-electron chi connectivity index (χ2n) is 3.97. The van der Waals surface area contributed by atoms with Crippen LogP contribution in [0.4, 0.5) is 5.13 Å². The molecular formula is C12H10N4O2S2. The molecule has 0 unspecified atom stereocenters. The number of nitrogens with zero attached hydrogens (tertiary/aromatic N) is 3. The van der Waals surface area contributed by atoms with Gasteiger partial charge in [0.25, 0.3) is 0 Å². The molecule has 0 aliphatic rings. The summed E-state index contributed by atoms with van der Waals surface area (Å²) < 4.78 is 5.59. The quantitative estimate of drug-likeness (QED) is 0.801. The zero-order valence-corrected chi connectivity index (χ0v) is 12.1. The molecule has 3 rings (SSSR count). The fraction of sp³-hybridized carbons (Fsp3) is 0.167. The lowest BCUT2D eigenvalue weighted by atomic mass is 10.2. The maximum absolute atomic E-state index is 11.9. The van der Waals surface area contributed by atoms with Crippen molar-refractivity contribution in [3.8, 4) is 10.8 Å². The number of hydrogen-bond acceptors (Lipinski definition) is 7. The van der Waals surface area contributed by atoms with Crippen LogP contribution in [-0.2, 0) is 11.2 Å². The lowest BCUT2D eigenvalue weighted by molar-refractivity contribution is -0.115. The van der Waals surface area contributed by atoms with Crippen LogP contribution in [0.15, 0.2) is 27.4 Å².